The first-order valence-corrected chi connectivity index (χ1v) is 6.32. The number of rotatable bonds is 7. The molecule has 0 saturated carbocycles. The number of nitrogens with zero attached hydrogens (tertiary/aromatic N) is 1. The Labute approximate surface area is 126 Å². The quantitative estimate of drug-likeness (QED) is 0.359. The number of esters is 1. The van der Waals surface area contributed by atoms with E-state index in [4.69, 9.17) is 9.84 Å². The highest BCUT2D eigenvalue weighted by Gasteiger charge is 2.10. The summed E-state index contributed by atoms with van der Waals surface area (Å²) >= 11 is 0. The SMILES string of the molecule is C=C(C)C(=O)OCCC(=Cc1ccc([N+](=O)[O-])cc1)C(=O)O. The largest absolute Gasteiger partial charge is 0.478 e. The molecule has 7 heteroatoms. The maximum atomic E-state index is 11.2. The fourth-order valence-corrected chi connectivity index (χ4v) is 1.51. The van der Waals surface area contributed by atoms with Gasteiger partial charge in [0.25, 0.3) is 5.69 Å². The highest BCUT2D eigenvalue weighted by molar-refractivity contribution is 5.92. The highest BCUT2D eigenvalue weighted by atomic mass is 16.6. The van der Waals surface area contributed by atoms with Crippen molar-refractivity contribution in [2.24, 2.45) is 0 Å². The summed E-state index contributed by atoms with van der Waals surface area (Å²) < 4.78 is 4.84. The molecule has 0 aliphatic heterocycles. The van der Waals surface area contributed by atoms with Gasteiger partial charge in [-0.1, -0.05) is 6.58 Å². The molecule has 0 aromatic heterocycles. The Hall–Kier alpha value is -2.96. The topological polar surface area (TPSA) is 107 Å². The van der Waals surface area contributed by atoms with Gasteiger partial charge in [-0.05, 0) is 30.7 Å². The Morgan fingerprint density at radius 1 is 1.36 bits per heavy atom. The molecule has 1 rings (SSSR count). The lowest BCUT2D eigenvalue weighted by molar-refractivity contribution is -0.384. The average molecular weight is 305 g/mol. The van der Waals surface area contributed by atoms with Crippen molar-refractivity contribution >= 4 is 23.7 Å². The molecule has 1 aromatic carbocycles. The predicted octanol–water partition coefficient (Wildman–Crippen LogP) is 2.57. The molecule has 0 saturated heterocycles. The third-order valence-electron chi connectivity index (χ3n) is 2.67. The van der Waals surface area contributed by atoms with E-state index in [0.29, 0.717) is 5.56 Å². The van der Waals surface area contributed by atoms with Crippen LogP contribution in [0.1, 0.15) is 18.9 Å². The van der Waals surface area contributed by atoms with Crippen LogP contribution in [0.5, 0.6) is 0 Å². The molecule has 22 heavy (non-hydrogen) atoms. The van der Waals surface area contributed by atoms with Gasteiger partial charge in [-0.25, -0.2) is 9.59 Å². The zero-order valence-electron chi connectivity index (χ0n) is 11.9. The Morgan fingerprint density at radius 2 is 1.95 bits per heavy atom. The minimum absolute atomic E-state index is 0.0192. The Balaban J connectivity index is 2.77. The van der Waals surface area contributed by atoms with Gasteiger partial charge in [-0.2, -0.15) is 0 Å². The Morgan fingerprint density at radius 3 is 2.41 bits per heavy atom. The number of hydrogen-bond acceptors (Lipinski definition) is 5. The second kappa shape index (κ2) is 7.72. The standard InChI is InChI=1S/C15H15NO6/c1-10(2)15(19)22-8-7-12(14(17)18)9-11-3-5-13(6-4-11)16(20)21/h3-6,9H,1,7-8H2,2H3,(H,17,18). The Kier molecular flexibility index (Phi) is 6.00. The molecule has 0 amide bonds. The smallest absolute Gasteiger partial charge is 0.333 e. The van der Waals surface area contributed by atoms with E-state index < -0.39 is 16.9 Å². The maximum Gasteiger partial charge on any atom is 0.333 e. The van der Waals surface area contributed by atoms with E-state index in [1.807, 2.05) is 0 Å². The van der Waals surface area contributed by atoms with Gasteiger partial charge in [0.2, 0.25) is 0 Å². The molecule has 0 aliphatic rings. The molecule has 0 spiro atoms. The second-order valence-electron chi connectivity index (χ2n) is 4.49. The first-order valence-electron chi connectivity index (χ1n) is 6.32. The van der Waals surface area contributed by atoms with E-state index in [1.165, 1.54) is 37.3 Å². The lowest BCUT2D eigenvalue weighted by Gasteiger charge is -2.05. The molecule has 1 aromatic rings. The van der Waals surface area contributed by atoms with Crippen molar-refractivity contribution in [3.63, 3.8) is 0 Å². The van der Waals surface area contributed by atoms with E-state index in [1.54, 1.807) is 0 Å². The third kappa shape index (κ3) is 5.20. The summed E-state index contributed by atoms with van der Waals surface area (Å²) in [4.78, 5) is 32.4. The van der Waals surface area contributed by atoms with E-state index in [9.17, 15) is 19.7 Å². The predicted molar refractivity (Wildman–Crippen MR) is 79.1 cm³/mol. The number of non-ortho nitro benzene ring substituents is 1. The molecule has 0 fully saturated rings. The number of carbonyl (C=O) groups excluding carboxylic acids is 1. The average Bonchev–Trinajstić information content (AvgIpc) is 2.46. The number of nitro groups is 1. The summed E-state index contributed by atoms with van der Waals surface area (Å²) in [6.45, 7) is 4.82. The van der Waals surface area contributed by atoms with Crippen molar-refractivity contribution in [1.29, 1.82) is 0 Å². The van der Waals surface area contributed by atoms with Gasteiger partial charge in [0.05, 0.1) is 11.5 Å². The molecule has 0 aliphatic carbocycles. The maximum absolute atomic E-state index is 11.2. The van der Waals surface area contributed by atoms with Crippen LogP contribution in [-0.2, 0) is 14.3 Å². The molecule has 116 valence electrons. The molecule has 1 N–H and O–H groups in total. The first-order chi connectivity index (χ1) is 10.3. The number of aliphatic carboxylic acids is 1. The van der Waals surface area contributed by atoms with E-state index in [2.05, 4.69) is 6.58 Å². The number of hydrogen-bond donors (Lipinski definition) is 1. The molecule has 0 bridgehead atoms. The molecular formula is C15H15NO6. The summed E-state index contributed by atoms with van der Waals surface area (Å²) in [6, 6.07) is 5.46. The fraction of sp³-hybridized carbons (Fsp3) is 0.200. The van der Waals surface area contributed by atoms with Crippen LogP contribution in [0.15, 0.2) is 42.0 Å². The van der Waals surface area contributed by atoms with Crippen molar-refractivity contribution in [3.8, 4) is 0 Å². The van der Waals surface area contributed by atoms with E-state index in [0.717, 1.165) is 0 Å². The lowest BCUT2D eigenvalue weighted by Crippen LogP contribution is -2.09. The minimum Gasteiger partial charge on any atom is -0.478 e. The van der Waals surface area contributed by atoms with Crippen molar-refractivity contribution in [1.82, 2.24) is 0 Å². The number of benzene rings is 1. The lowest BCUT2D eigenvalue weighted by atomic mass is 10.1. The van der Waals surface area contributed by atoms with Crippen molar-refractivity contribution in [2.45, 2.75) is 13.3 Å². The van der Waals surface area contributed by atoms with Gasteiger partial charge in [0.1, 0.15) is 0 Å². The number of nitro benzene ring substituents is 1. The molecule has 0 atom stereocenters. The molecule has 0 heterocycles. The number of carboxylic acids is 1. The molecule has 0 unspecified atom stereocenters. The van der Waals surface area contributed by atoms with Gasteiger partial charge in [0.15, 0.2) is 0 Å². The molecule has 0 radical (unpaired) electrons. The second-order valence-corrected chi connectivity index (χ2v) is 4.49. The fourth-order valence-electron chi connectivity index (χ4n) is 1.51. The van der Waals surface area contributed by atoms with Crippen LogP contribution in [0, 0.1) is 10.1 Å². The van der Waals surface area contributed by atoms with Crippen molar-refractivity contribution in [2.75, 3.05) is 6.61 Å². The van der Waals surface area contributed by atoms with Gasteiger partial charge < -0.3 is 9.84 Å². The van der Waals surface area contributed by atoms with E-state index in [-0.39, 0.29) is 29.9 Å². The molecular weight excluding hydrogens is 290 g/mol. The van der Waals surface area contributed by atoms with Gasteiger partial charge in [0, 0.05) is 29.7 Å². The zero-order chi connectivity index (χ0) is 16.7. The van der Waals surface area contributed by atoms with Crippen LogP contribution in [0.25, 0.3) is 6.08 Å². The van der Waals surface area contributed by atoms with Crippen LogP contribution >= 0.6 is 0 Å². The van der Waals surface area contributed by atoms with Crippen molar-refractivity contribution in [3.05, 3.63) is 57.7 Å². The summed E-state index contributed by atoms with van der Waals surface area (Å²) in [5, 5.41) is 19.7. The highest BCUT2D eigenvalue weighted by Crippen LogP contribution is 2.16. The Bertz CT molecular complexity index is 630. The normalized spacial score (nSPS) is 10.9. The van der Waals surface area contributed by atoms with Gasteiger partial charge in [-0.3, -0.25) is 10.1 Å². The minimum atomic E-state index is -1.15. The van der Waals surface area contributed by atoms with E-state index >= 15 is 0 Å². The number of ether oxygens (including phenoxy) is 1. The van der Waals surface area contributed by atoms with Crippen LogP contribution in [0.4, 0.5) is 5.69 Å². The third-order valence-corrected chi connectivity index (χ3v) is 2.67. The summed E-state index contributed by atoms with van der Waals surface area (Å²) in [7, 11) is 0. The number of carbonyl (C=O) groups is 2. The van der Waals surface area contributed by atoms with Gasteiger partial charge >= 0.3 is 11.9 Å². The zero-order valence-corrected chi connectivity index (χ0v) is 11.9. The summed E-state index contributed by atoms with van der Waals surface area (Å²) in [5.74, 6) is -1.73. The molecule has 7 nitrogen and oxygen atoms in total. The van der Waals surface area contributed by atoms with Crippen LogP contribution < -0.4 is 0 Å². The van der Waals surface area contributed by atoms with Gasteiger partial charge in [-0.15, -0.1) is 0 Å². The summed E-state index contributed by atoms with van der Waals surface area (Å²) in [6.07, 6.45) is 1.39. The first kappa shape index (κ1) is 17.1. The summed E-state index contributed by atoms with van der Waals surface area (Å²) in [5.41, 5.74) is 0.693. The monoisotopic (exact) mass is 305 g/mol. The van der Waals surface area contributed by atoms with Crippen LogP contribution in [0.3, 0.4) is 0 Å². The van der Waals surface area contributed by atoms with Crippen LogP contribution in [-0.4, -0.2) is 28.6 Å². The number of carboxylic acid groups (broad SMARTS) is 1. The van der Waals surface area contributed by atoms with Crippen LogP contribution in [0.2, 0.25) is 0 Å². The van der Waals surface area contributed by atoms with Crippen molar-refractivity contribution < 1.29 is 24.4 Å².